The predicted octanol–water partition coefficient (Wildman–Crippen LogP) is 3.12. The summed E-state index contributed by atoms with van der Waals surface area (Å²) in [6.45, 7) is 0. The van der Waals surface area contributed by atoms with Crippen LogP contribution in [0.25, 0.3) is 0 Å². The Bertz CT molecular complexity index is 89.3. The first kappa shape index (κ1) is 12.8. The number of hydrogen-bond donors (Lipinski definition) is 0. The summed E-state index contributed by atoms with van der Waals surface area (Å²) in [6, 6.07) is 0. The summed E-state index contributed by atoms with van der Waals surface area (Å²) in [4.78, 5) is 0. The van der Waals surface area contributed by atoms with Crippen LogP contribution in [0.5, 0.6) is 0 Å². The van der Waals surface area contributed by atoms with E-state index in [0.717, 1.165) is 0 Å². The van der Waals surface area contributed by atoms with Gasteiger partial charge in [-0.1, -0.05) is 24.3 Å². The van der Waals surface area contributed by atoms with Crippen LogP contribution in [0.4, 0.5) is 0 Å². The van der Waals surface area contributed by atoms with E-state index in [2.05, 4.69) is 24.3 Å². The van der Waals surface area contributed by atoms with Crippen molar-refractivity contribution in [2.75, 3.05) is 0 Å². The Balaban J connectivity index is 0. The van der Waals surface area contributed by atoms with Crippen molar-refractivity contribution in [1.29, 1.82) is 0 Å². The largest absolute Gasteiger partial charge is 0.358 e. The summed E-state index contributed by atoms with van der Waals surface area (Å²) < 4.78 is 0. The van der Waals surface area contributed by atoms with Crippen LogP contribution in [0, 0.1) is 7.43 Å². The van der Waals surface area contributed by atoms with Crippen LogP contribution >= 0.6 is 0 Å². The van der Waals surface area contributed by atoms with E-state index in [9.17, 15) is 0 Å². The van der Waals surface area contributed by atoms with Gasteiger partial charge in [0, 0.05) is 20.4 Å². The van der Waals surface area contributed by atoms with Crippen LogP contribution < -0.4 is 0 Å². The molecular formula is C9H15Pd-. The fourth-order valence-electron chi connectivity index (χ4n) is 0.874. The summed E-state index contributed by atoms with van der Waals surface area (Å²) >= 11 is 0. The molecule has 0 nitrogen and oxygen atoms in total. The van der Waals surface area contributed by atoms with Gasteiger partial charge in [0.2, 0.25) is 0 Å². The summed E-state index contributed by atoms with van der Waals surface area (Å²) in [7, 11) is 0. The molecule has 62 valence electrons. The predicted molar refractivity (Wildman–Crippen MR) is 43.2 cm³/mol. The Morgan fingerprint density at radius 1 is 0.800 bits per heavy atom. The van der Waals surface area contributed by atoms with Crippen molar-refractivity contribution in [2.45, 2.75) is 25.7 Å². The van der Waals surface area contributed by atoms with Crippen LogP contribution in [0.2, 0.25) is 0 Å². The van der Waals surface area contributed by atoms with E-state index in [-0.39, 0.29) is 27.8 Å². The molecule has 0 aromatic heterocycles. The van der Waals surface area contributed by atoms with E-state index in [0.29, 0.717) is 0 Å². The smallest absolute Gasteiger partial charge is 0 e. The molecule has 0 amide bonds. The molecule has 0 N–H and O–H groups in total. The second-order valence-electron chi connectivity index (χ2n) is 2.14. The molecule has 0 unspecified atom stereocenters. The third kappa shape index (κ3) is 6.27. The molecule has 0 spiro atoms. The first-order valence-corrected chi connectivity index (χ1v) is 3.32. The Morgan fingerprint density at radius 2 is 1.20 bits per heavy atom. The minimum Gasteiger partial charge on any atom is -0.358 e. The molecule has 0 saturated heterocycles. The van der Waals surface area contributed by atoms with E-state index in [1.165, 1.54) is 25.7 Å². The molecule has 0 aliphatic heterocycles. The van der Waals surface area contributed by atoms with E-state index < -0.39 is 0 Å². The maximum Gasteiger partial charge on any atom is 0 e. The fourth-order valence-corrected chi connectivity index (χ4v) is 0.874. The van der Waals surface area contributed by atoms with Gasteiger partial charge < -0.3 is 7.43 Å². The monoisotopic (exact) mass is 229 g/mol. The second-order valence-corrected chi connectivity index (χ2v) is 2.14. The molecule has 0 radical (unpaired) electrons. The molecule has 0 fully saturated rings. The van der Waals surface area contributed by atoms with Crippen molar-refractivity contribution in [3.05, 3.63) is 31.7 Å². The molecule has 0 heterocycles. The van der Waals surface area contributed by atoms with E-state index in [1.54, 1.807) is 0 Å². The van der Waals surface area contributed by atoms with Crippen LogP contribution in [-0.4, -0.2) is 0 Å². The van der Waals surface area contributed by atoms with Crippen LogP contribution in [-0.2, 0) is 20.4 Å². The van der Waals surface area contributed by atoms with Crippen molar-refractivity contribution in [3.63, 3.8) is 0 Å². The van der Waals surface area contributed by atoms with Gasteiger partial charge >= 0.3 is 0 Å². The summed E-state index contributed by atoms with van der Waals surface area (Å²) in [5.41, 5.74) is 0. The van der Waals surface area contributed by atoms with Gasteiger partial charge in [0.05, 0.1) is 0 Å². The quantitative estimate of drug-likeness (QED) is 0.442. The molecule has 0 aromatic carbocycles. The van der Waals surface area contributed by atoms with E-state index in [1.807, 2.05) is 0 Å². The first-order chi connectivity index (χ1) is 4.00. The number of rotatable bonds is 0. The summed E-state index contributed by atoms with van der Waals surface area (Å²) in [5.74, 6) is 0. The van der Waals surface area contributed by atoms with Crippen molar-refractivity contribution in [3.8, 4) is 0 Å². The Kier molecular flexibility index (Phi) is 11.7. The van der Waals surface area contributed by atoms with Gasteiger partial charge in [0.1, 0.15) is 0 Å². The molecule has 0 atom stereocenters. The van der Waals surface area contributed by atoms with Gasteiger partial charge in [-0.3, -0.25) is 0 Å². The normalized spacial score (nSPS) is 16.0. The van der Waals surface area contributed by atoms with Crippen LogP contribution in [0.3, 0.4) is 0 Å². The fraction of sp³-hybridized carbons (Fsp3) is 0.444. The summed E-state index contributed by atoms with van der Waals surface area (Å²) in [6.07, 6.45) is 14.0. The Hall–Kier alpha value is 0.142. The second kappa shape index (κ2) is 9.14. The molecule has 1 aliphatic rings. The zero-order chi connectivity index (χ0) is 5.66. The minimum absolute atomic E-state index is 0. The van der Waals surface area contributed by atoms with Crippen LogP contribution in [0.1, 0.15) is 25.7 Å². The molecule has 10 heavy (non-hydrogen) atoms. The average molecular weight is 230 g/mol. The zero-order valence-corrected chi connectivity index (χ0v) is 8.01. The van der Waals surface area contributed by atoms with Crippen molar-refractivity contribution in [1.82, 2.24) is 0 Å². The summed E-state index contributed by atoms with van der Waals surface area (Å²) in [5, 5.41) is 0. The van der Waals surface area contributed by atoms with Gasteiger partial charge in [0.15, 0.2) is 0 Å². The molecule has 1 rings (SSSR count). The standard InChI is InChI=1S/C8H12.CH3.Pd/c1-2-4-6-8-7-5-3-1;;/h1-4H,5-8H2;1H3;/q;-1;. The van der Waals surface area contributed by atoms with Gasteiger partial charge in [-0.2, -0.15) is 0 Å². The van der Waals surface area contributed by atoms with Gasteiger partial charge in [-0.25, -0.2) is 0 Å². The molecule has 1 aliphatic carbocycles. The van der Waals surface area contributed by atoms with Gasteiger partial charge in [0.25, 0.3) is 0 Å². The molecular weight excluding hydrogens is 215 g/mol. The Labute approximate surface area is 78.1 Å². The topological polar surface area (TPSA) is 0 Å². The molecule has 0 aromatic rings. The van der Waals surface area contributed by atoms with E-state index >= 15 is 0 Å². The van der Waals surface area contributed by atoms with E-state index in [4.69, 9.17) is 0 Å². The molecule has 0 saturated carbocycles. The maximum atomic E-state index is 2.23. The molecule has 1 heteroatoms. The zero-order valence-electron chi connectivity index (χ0n) is 6.45. The molecule has 0 bridgehead atoms. The minimum atomic E-state index is 0. The number of allylic oxidation sites excluding steroid dienone is 4. The Morgan fingerprint density at radius 3 is 1.60 bits per heavy atom. The third-order valence-electron chi connectivity index (χ3n) is 1.37. The van der Waals surface area contributed by atoms with Crippen molar-refractivity contribution >= 4 is 0 Å². The van der Waals surface area contributed by atoms with Gasteiger partial charge in [-0.05, 0) is 25.7 Å². The average Bonchev–Trinajstić information content (AvgIpc) is 1.62. The van der Waals surface area contributed by atoms with Gasteiger partial charge in [-0.15, -0.1) is 0 Å². The third-order valence-corrected chi connectivity index (χ3v) is 1.37. The van der Waals surface area contributed by atoms with Crippen molar-refractivity contribution < 1.29 is 20.4 Å². The van der Waals surface area contributed by atoms with Crippen molar-refractivity contribution in [2.24, 2.45) is 0 Å². The number of hydrogen-bond acceptors (Lipinski definition) is 0. The van der Waals surface area contributed by atoms with Crippen LogP contribution in [0.15, 0.2) is 24.3 Å². The maximum absolute atomic E-state index is 2.23. The first-order valence-electron chi connectivity index (χ1n) is 3.32. The SMILES string of the molecule is C1=CCCCCC=C1.[CH3-].[Pd].